The van der Waals surface area contributed by atoms with E-state index in [4.69, 9.17) is 9.47 Å². The van der Waals surface area contributed by atoms with E-state index < -0.39 is 6.10 Å². The second kappa shape index (κ2) is 8.15. The molecule has 2 atom stereocenters. The number of benzene rings is 1. The molecular formula is C15H25NO3. The van der Waals surface area contributed by atoms with Crippen LogP contribution < -0.4 is 5.32 Å². The first kappa shape index (κ1) is 16.0. The van der Waals surface area contributed by atoms with Crippen molar-refractivity contribution in [2.24, 2.45) is 0 Å². The minimum absolute atomic E-state index is 0.000705. The molecule has 0 aliphatic rings. The highest BCUT2D eigenvalue weighted by Crippen LogP contribution is 2.15. The molecule has 0 saturated carbocycles. The lowest BCUT2D eigenvalue weighted by molar-refractivity contribution is -0.0282. The van der Waals surface area contributed by atoms with Crippen molar-refractivity contribution in [3.8, 4) is 0 Å². The monoisotopic (exact) mass is 267 g/mol. The Balaban J connectivity index is 2.31. The van der Waals surface area contributed by atoms with Crippen molar-refractivity contribution in [2.45, 2.75) is 33.0 Å². The van der Waals surface area contributed by atoms with Gasteiger partial charge in [-0.15, -0.1) is 0 Å². The van der Waals surface area contributed by atoms with Gasteiger partial charge in [-0.25, -0.2) is 0 Å². The number of ether oxygens (including phenoxy) is 2. The molecule has 0 saturated heterocycles. The van der Waals surface area contributed by atoms with Crippen molar-refractivity contribution in [3.63, 3.8) is 0 Å². The molecular weight excluding hydrogens is 242 g/mol. The van der Waals surface area contributed by atoms with Crippen LogP contribution in [0.15, 0.2) is 18.2 Å². The van der Waals surface area contributed by atoms with Gasteiger partial charge in [0.15, 0.2) is 0 Å². The minimum atomic E-state index is -0.528. The zero-order valence-electron chi connectivity index (χ0n) is 12.3. The topological polar surface area (TPSA) is 50.7 Å². The molecule has 0 fully saturated rings. The lowest BCUT2D eigenvalue weighted by Gasteiger charge is -2.17. The van der Waals surface area contributed by atoms with Crippen molar-refractivity contribution in [2.75, 3.05) is 32.2 Å². The Labute approximate surface area is 115 Å². The van der Waals surface area contributed by atoms with Crippen LogP contribution in [0.2, 0.25) is 0 Å². The fraction of sp³-hybridized carbons (Fsp3) is 0.600. The van der Waals surface area contributed by atoms with Gasteiger partial charge in [0.25, 0.3) is 0 Å². The summed E-state index contributed by atoms with van der Waals surface area (Å²) in [5.41, 5.74) is 3.47. The van der Waals surface area contributed by atoms with Gasteiger partial charge < -0.3 is 19.9 Å². The zero-order valence-corrected chi connectivity index (χ0v) is 12.3. The molecule has 2 unspecified atom stereocenters. The third-order valence-corrected chi connectivity index (χ3v) is 2.88. The maximum atomic E-state index is 9.84. The van der Waals surface area contributed by atoms with Crippen molar-refractivity contribution in [3.05, 3.63) is 29.3 Å². The summed E-state index contributed by atoms with van der Waals surface area (Å²) in [5.74, 6) is 0. The van der Waals surface area contributed by atoms with Crippen molar-refractivity contribution in [1.82, 2.24) is 0 Å². The van der Waals surface area contributed by atoms with Gasteiger partial charge in [0, 0.05) is 19.3 Å². The Morgan fingerprint density at radius 1 is 1.26 bits per heavy atom. The number of nitrogens with one attached hydrogen (secondary N) is 1. The predicted octanol–water partition coefficient (Wildman–Crippen LogP) is 2.13. The first-order valence-corrected chi connectivity index (χ1v) is 6.62. The highest BCUT2D eigenvalue weighted by Gasteiger charge is 2.08. The Kier molecular flexibility index (Phi) is 6.84. The molecule has 0 amide bonds. The normalized spacial score (nSPS) is 14.2. The third-order valence-electron chi connectivity index (χ3n) is 2.88. The van der Waals surface area contributed by atoms with Crippen molar-refractivity contribution < 1.29 is 14.6 Å². The number of aliphatic hydroxyl groups excluding tert-OH is 1. The van der Waals surface area contributed by atoms with E-state index in [-0.39, 0.29) is 6.10 Å². The quantitative estimate of drug-likeness (QED) is 0.757. The van der Waals surface area contributed by atoms with E-state index in [0.29, 0.717) is 19.8 Å². The number of hydrogen-bond donors (Lipinski definition) is 2. The molecule has 0 spiro atoms. The van der Waals surface area contributed by atoms with Gasteiger partial charge in [0.05, 0.1) is 25.4 Å². The van der Waals surface area contributed by atoms with Gasteiger partial charge in [-0.1, -0.05) is 17.7 Å². The summed E-state index contributed by atoms with van der Waals surface area (Å²) in [6.07, 6.45) is -0.527. The second-order valence-corrected chi connectivity index (χ2v) is 4.95. The van der Waals surface area contributed by atoms with Gasteiger partial charge in [-0.05, 0) is 32.4 Å². The molecule has 19 heavy (non-hydrogen) atoms. The average Bonchev–Trinajstić information content (AvgIpc) is 2.35. The third kappa shape index (κ3) is 6.05. The predicted molar refractivity (Wildman–Crippen MR) is 77.7 cm³/mol. The van der Waals surface area contributed by atoms with Crippen LogP contribution in [0.25, 0.3) is 0 Å². The lowest BCUT2D eigenvalue weighted by Crippen LogP contribution is -2.28. The number of anilines is 1. The average molecular weight is 267 g/mol. The molecule has 0 heterocycles. The largest absolute Gasteiger partial charge is 0.389 e. The summed E-state index contributed by atoms with van der Waals surface area (Å²) in [4.78, 5) is 0. The van der Waals surface area contributed by atoms with Crippen molar-refractivity contribution >= 4 is 5.69 Å². The van der Waals surface area contributed by atoms with Crippen LogP contribution in [0.3, 0.4) is 0 Å². The first-order valence-electron chi connectivity index (χ1n) is 6.62. The van der Waals surface area contributed by atoms with Gasteiger partial charge in [-0.3, -0.25) is 0 Å². The van der Waals surface area contributed by atoms with E-state index in [1.54, 1.807) is 7.11 Å². The fourth-order valence-electron chi connectivity index (χ4n) is 1.86. The molecule has 4 heteroatoms. The Morgan fingerprint density at radius 2 is 2.00 bits per heavy atom. The van der Waals surface area contributed by atoms with Gasteiger partial charge in [-0.2, -0.15) is 0 Å². The highest BCUT2D eigenvalue weighted by molar-refractivity contribution is 5.51. The summed E-state index contributed by atoms with van der Waals surface area (Å²) in [5, 5.41) is 13.1. The lowest BCUT2D eigenvalue weighted by atomic mass is 10.1. The van der Waals surface area contributed by atoms with E-state index in [1.807, 2.05) is 13.0 Å². The number of hydrogen-bond acceptors (Lipinski definition) is 4. The molecule has 1 rings (SSSR count). The van der Waals surface area contributed by atoms with Crippen LogP contribution in [-0.2, 0) is 9.47 Å². The van der Waals surface area contributed by atoms with E-state index in [1.165, 1.54) is 11.1 Å². The summed E-state index contributed by atoms with van der Waals surface area (Å²) < 4.78 is 10.4. The van der Waals surface area contributed by atoms with Crippen LogP contribution in [0.1, 0.15) is 18.1 Å². The Hall–Kier alpha value is -1.10. The number of aliphatic hydroxyl groups is 1. The van der Waals surface area contributed by atoms with Crippen LogP contribution in [0.5, 0.6) is 0 Å². The standard InChI is InChI=1S/C15H25NO3/c1-11-5-6-15(12(2)7-11)16-8-14(17)10-19-13(3)9-18-4/h5-7,13-14,16-17H,8-10H2,1-4H3. The zero-order chi connectivity index (χ0) is 14.3. The number of aryl methyl sites for hydroxylation is 2. The maximum Gasteiger partial charge on any atom is 0.0945 e. The summed E-state index contributed by atoms with van der Waals surface area (Å²) in [6.45, 7) is 7.37. The SMILES string of the molecule is COCC(C)OCC(O)CNc1ccc(C)cc1C. The van der Waals surface area contributed by atoms with Crippen molar-refractivity contribution in [1.29, 1.82) is 0 Å². The molecule has 0 aromatic heterocycles. The summed E-state index contributed by atoms with van der Waals surface area (Å²) in [7, 11) is 1.64. The van der Waals surface area contributed by atoms with E-state index >= 15 is 0 Å². The van der Waals surface area contributed by atoms with Crippen LogP contribution in [0, 0.1) is 13.8 Å². The van der Waals surface area contributed by atoms with Crippen LogP contribution in [-0.4, -0.2) is 44.2 Å². The smallest absolute Gasteiger partial charge is 0.0945 e. The van der Waals surface area contributed by atoms with E-state index in [9.17, 15) is 5.11 Å². The van der Waals surface area contributed by atoms with Gasteiger partial charge in [0.1, 0.15) is 0 Å². The van der Waals surface area contributed by atoms with Crippen LogP contribution in [0.4, 0.5) is 5.69 Å². The molecule has 108 valence electrons. The summed E-state index contributed by atoms with van der Waals surface area (Å²) >= 11 is 0. The molecule has 1 aromatic carbocycles. The van der Waals surface area contributed by atoms with Gasteiger partial charge in [0.2, 0.25) is 0 Å². The van der Waals surface area contributed by atoms with E-state index in [0.717, 1.165) is 5.69 Å². The highest BCUT2D eigenvalue weighted by atomic mass is 16.5. The Bertz CT molecular complexity index is 382. The molecule has 0 aliphatic heterocycles. The second-order valence-electron chi connectivity index (χ2n) is 4.95. The maximum absolute atomic E-state index is 9.84. The number of methoxy groups -OCH3 is 1. The fourth-order valence-corrected chi connectivity index (χ4v) is 1.86. The van der Waals surface area contributed by atoms with E-state index in [2.05, 4.69) is 31.3 Å². The summed E-state index contributed by atoms with van der Waals surface area (Å²) in [6, 6.07) is 6.20. The molecule has 0 aliphatic carbocycles. The minimum Gasteiger partial charge on any atom is -0.389 e. The Morgan fingerprint density at radius 3 is 2.63 bits per heavy atom. The molecule has 0 radical (unpaired) electrons. The van der Waals surface area contributed by atoms with Gasteiger partial charge >= 0.3 is 0 Å². The number of rotatable bonds is 8. The van der Waals surface area contributed by atoms with Crippen LogP contribution >= 0.6 is 0 Å². The molecule has 0 bridgehead atoms. The molecule has 4 nitrogen and oxygen atoms in total. The first-order chi connectivity index (χ1) is 9.02. The molecule has 2 N–H and O–H groups in total. The molecule has 1 aromatic rings.